The van der Waals surface area contributed by atoms with Crippen molar-refractivity contribution in [3.63, 3.8) is 0 Å². The Kier molecular flexibility index (Phi) is 3.38. The second-order valence-corrected chi connectivity index (χ2v) is 4.71. The second kappa shape index (κ2) is 4.77. The van der Waals surface area contributed by atoms with E-state index in [2.05, 4.69) is 20.9 Å². The van der Waals surface area contributed by atoms with Gasteiger partial charge >= 0.3 is 0 Å². The lowest BCUT2D eigenvalue weighted by Gasteiger charge is -2.03. The van der Waals surface area contributed by atoms with Gasteiger partial charge in [0.05, 0.1) is 4.47 Å². The minimum atomic E-state index is -0.222. The lowest BCUT2D eigenvalue weighted by Crippen LogP contribution is -1.83. The van der Waals surface area contributed by atoms with Crippen LogP contribution in [0.3, 0.4) is 0 Å². The quantitative estimate of drug-likeness (QED) is 0.822. The van der Waals surface area contributed by atoms with Crippen LogP contribution in [0, 0.1) is 5.82 Å². The summed E-state index contributed by atoms with van der Waals surface area (Å²) < 4.78 is 14.2. The van der Waals surface area contributed by atoms with E-state index in [9.17, 15) is 4.39 Å². The van der Waals surface area contributed by atoms with Gasteiger partial charge in [0.25, 0.3) is 0 Å². The molecule has 0 aliphatic heterocycles. The number of benzene rings is 1. The maximum Gasteiger partial charge on any atom is 0.137 e. The molecule has 0 fully saturated rings. The van der Waals surface area contributed by atoms with E-state index in [1.807, 2.05) is 18.2 Å². The van der Waals surface area contributed by atoms with Gasteiger partial charge in [-0.3, -0.25) is 0 Å². The summed E-state index contributed by atoms with van der Waals surface area (Å²) in [4.78, 5) is 4.74. The molecule has 0 N–H and O–H groups in total. The first kappa shape index (κ1) is 10.6. The molecule has 1 heterocycles. The van der Waals surface area contributed by atoms with Crippen molar-refractivity contribution in [2.75, 3.05) is 0 Å². The molecule has 0 radical (unpaired) electrons. The van der Waals surface area contributed by atoms with Crippen molar-refractivity contribution >= 4 is 27.7 Å². The number of hydrogen-bond donors (Lipinski definition) is 0. The Morgan fingerprint density at radius 3 is 2.67 bits per heavy atom. The van der Waals surface area contributed by atoms with Crippen LogP contribution in [0.5, 0.6) is 0 Å². The van der Waals surface area contributed by atoms with Crippen LogP contribution in [0.25, 0.3) is 0 Å². The van der Waals surface area contributed by atoms with E-state index in [4.69, 9.17) is 0 Å². The highest BCUT2D eigenvalue weighted by molar-refractivity contribution is 9.10. The second-order valence-electron chi connectivity index (χ2n) is 2.82. The minimum Gasteiger partial charge on any atom is -0.248 e. The van der Waals surface area contributed by atoms with E-state index in [1.165, 1.54) is 17.8 Å². The average Bonchev–Trinajstić information content (AvgIpc) is 2.24. The summed E-state index contributed by atoms with van der Waals surface area (Å²) in [5.41, 5.74) is 0. The van der Waals surface area contributed by atoms with E-state index < -0.39 is 0 Å². The number of aromatic nitrogens is 1. The average molecular weight is 284 g/mol. The Labute approximate surface area is 99.9 Å². The van der Waals surface area contributed by atoms with Crippen molar-refractivity contribution in [2.24, 2.45) is 0 Å². The molecule has 1 nitrogen and oxygen atoms in total. The SMILES string of the molecule is Fc1ccccc1Sc1ncccc1Br. The molecule has 0 spiro atoms. The fraction of sp³-hybridized carbons (Fsp3) is 0. The predicted molar refractivity (Wildman–Crippen MR) is 62.5 cm³/mol. The zero-order chi connectivity index (χ0) is 10.7. The van der Waals surface area contributed by atoms with Crippen LogP contribution in [-0.2, 0) is 0 Å². The number of pyridine rings is 1. The summed E-state index contributed by atoms with van der Waals surface area (Å²) in [7, 11) is 0. The van der Waals surface area contributed by atoms with E-state index in [0.717, 1.165) is 9.50 Å². The molecule has 0 atom stereocenters. The Morgan fingerprint density at radius 1 is 1.13 bits per heavy atom. The van der Waals surface area contributed by atoms with Crippen molar-refractivity contribution < 1.29 is 4.39 Å². The third-order valence-corrected chi connectivity index (χ3v) is 3.74. The summed E-state index contributed by atoms with van der Waals surface area (Å²) in [6.07, 6.45) is 1.69. The highest BCUT2D eigenvalue weighted by atomic mass is 79.9. The first-order chi connectivity index (χ1) is 7.27. The van der Waals surface area contributed by atoms with Crippen LogP contribution < -0.4 is 0 Å². The monoisotopic (exact) mass is 283 g/mol. The van der Waals surface area contributed by atoms with Gasteiger partial charge in [0, 0.05) is 11.1 Å². The number of hydrogen-bond acceptors (Lipinski definition) is 2. The molecular weight excluding hydrogens is 277 g/mol. The zero-order valence-corrected chi connectivity index (χ0v) is 10.1. The van der Waals surface area contributed by atoms with Gasteiger partial charge in [-0.1, -0.05) is 23.9 Å². The van der Waals surface area contributed by atoms with Gasteiger partial charge in [0.15, 0.2) is 0 Å². The topological polar surface area (TPSA) is 12.9 Å². The maximum absolute atomic E-state index is 13.3. The minimum absolute atomic E-state index is 0.222. The van der Waals surface area contributed by atoms with E-state index in [0.29, 0.717) is 4.90 Å². The highest BCUT2D eigenvalue weighted by Gasteiger charge is 2.06. The Bertz CT molecular complexity index is 432. The van der Waals surface area contributed by atoms with Crippen LogP contribution in [0.2, 0.25) is 0 Å². The molecule has 0 aliphatic carbocycles. The molecule has 0 unspecified atom stereocenters. The van der Waals surface area contributed by atoms with Crippen molar-refractivity contribution in [3.05, 3.63) is 52.9 Å². The molecule has 76 valence electrons. The van der Waals surface area contributed by atoms with E-state index in [1.54, 1.807) is 18.3 Å². The van der Waals surface area contributed by atoms with Crippen LogP contribution in [0.15, 0.2) is 57.0 Å². The van der Waals surface area contributed by atoms with Crippen LogP contribution in [0.1, 0.15) is 0 Å². The molecule has 0 aliphatic rings. The number of rotatable bonds is 2. The van der Waals surface area contributed by atoms with Gasteiger partial charge in [-0.15, -0.1) is 0 Å². The molecule has 15 heavy (non-hydrogen) atoms. The summed E-state index contributed by atoms with van der Waals surface area (Å²) in [6, 6.07) is 10.4. The van der Waals surface area contributed by atoms with Crippen LogP contribution >= 0.6 is 27.7 Å². The smallest absolute Gasteiger partial charge is 0.137 e. The largest absolute Gasteiger partial charge is 0.248 e. The zero-order valence-electron chi connectivity index (χ0n) is 7.65. The first-order valence-electron chi connectivity index (χ1n) is 4.30. The molecule has 0 bridgehead atoms. The van der Waals surface area contributed by atoms with Crippen LogP contribution in [-0.4, -0.2) is 4.98 Å². The standard InChI is InChI=1S/C11H7BrFNS/c12-8-4-3-7-14-11(8)15-10-6-2-1-5-9(10)13/h1-7H. The van der Waals surface area contributed by atoms with Crippen LogP contribution in [0.4, 0.5) is 4.39 Å². The fourth-order valence-corrected chi connectivity index (χ4v) is 2.38. The fourth-order valence-electron chi connectivity index (χ4n) is 1.08. The molecule has 1 aromatic heterocycles. The normalized spacial score (nSPS) is 10.3. The lowest BCUT2D eigenvalue weighted by atomic mass is 10.3. The maximum atomic E-state index is 13.3. The summed E-state index contributed by atoms with van der Waals surface area (Å²) in [6.45, 7) is 0. The third kappa shape index (κ3) is 2.58. The van der Waals surface area contributed by atoms with Gasteiger partial charge in [-0.05, 0) is 40.2 Å². The van der Waals surface area contributed by atoms with E-state index in [-0.39, 0.29) is 5.82 Å². The molecule has 4 heteroatoms. The Morgan fingerprint density at radius 2 is 1.93 bits per heavy atom. The molecule has 1 aromatic carbocycles. The van der Waals surface area contributed by atoms with Crippen molar-refractivity contribution in [3.8, 4) is 0 Å². The van der Waals surface area contributed by atoms with Gasteiger partial charge in [-0.25, -0.2) is 9.37 Å². The third-order valence-electron chi connectivity index (χ3n) is 1.77. The van der Waals surface area contributed by atoms with Crippen molar-refractivity contribution in [2.45, 2.75) is 9.92 Å². The predicted octanol–water partition coefficient (Wildman–Crippen LogP) is 4.13. The van der Waals surface area contributed by atoms with Gasteiger partial charge < -0.3 is 0 Å². The van der Waals surface area contributed by atoms with Gasteiger partial charge in [0.1, 0.15) is 10.8 Å². The first-order valence-corrected chi connectivity index (χ1v) is 5.91. The lowest BCUT2D eigenvalue weighted by molar-refractivity contribution is 0.602. The summed E-state index contributed by atoms with van der Waals surface area (Å²) in [5.74, 6) is -0.222. The Balaban J connectivity index is 2.30. The molecule has 0 saturated heterocycles. The van der Waals surface area contributed by atoms with E-state index >= 15 is 0 Å². The number of nitrogens with zero attached hydrogens (tertiary/aromatic N) is 1. The molecule has 2 rings (SSSR count). The number of halogens is 2. The highest BCUT2D eigenvalue weighted by Crippen LogP contribution is 2.32. The summed E-state index contributed by atoms with van der Waals surface area (Å²) >= 11 is 4.68. The molecule has 0 saturated carbocycles. The Hall–Kier alpha value is -0.870. The van der Waals surface area contributed by atoms with Gasteiger partial charge in [-0.2, -0.15) is 0 Å². The molecular formula is C11H7BrFNS. The van der Waals surface area contributed by atoms with Crippen molar-refractivity contribution in [1.29, 1.82) is 0 Å². The van der Waals surface area contributed by atoms with Crippen molar-refractivity contribution in [1.82, 2.24) is 4.98 Å². The van der Waals surface area contributed by atoms with Gasteiger partial charge in [0.2, 0.25) is 0 Å². The summed E-state index contributed by atoms with van der Waals surface area (Å²) in [5, 5.41) is 0.766. The molecule has 0 amide bonds. The molecule has 2 aromatic rings.